The summed E-state index contributed by atoms with van der Waals surface area (Å²) in [7, 11) is 0. The van der Waals surface area contributed by atoms with Gasteiger partial charge >= 0.3 is 0 Å². The van der Waals surface area contributed by atoms with Crippen molar-refractivity contribution in [3.05, 3.63) is 42.1 Å². The normalized spacial score (nSPS) is 13.6. The van der Waals surface area contributed by atoms with Crippen molar-refractivity contribution < 1.29 is 0 Å². The number of rotatable bonds is 5. The molecule has 0 saturated heterocycles. The Morgan fingerprint density at radius 1 is 1.20 bits per heavy atom. The van der Waals surface area contributed by atoms with Crippen LogP contribution in [0, 0.1) is 5.41 Å². The number of nitrogens with one attached hydrogen (secondary N) is 1. The van der Waals surface area contributed by atoms with E-state index in [9.17, 15) is 0 Å². The second-order valence-corrected chi connectivity index (χ2v) is 6.67. The molecule has 0 bridgehead atoms. The van der Waals surface area contributed by atoms with Gasteiger partial charge in [0.1, 0.15) is 0 Å². The number of nitrogens with zero attached hydrogens (tertiary/aromatic N) is 1. The zero-order chi connectivity index (χ0) is 14.6. The van der Waals surface area contributed by atoms with Crippen LogP contribution >= 0.6 is 0 Å². The second-order valence-electron chi connectivity index (χ2n) is 6.67. The van der Waals surface area contributed by atoms with Crippen LogP contribution in [0.3, 0.4) is 0 Å². The van der Waals surface area contributed by atoms with Crippen LogP contribution in [-0.2, 0) is 0 Å². The summed E-state index contributed by atoms with van der Waals surface area (Å²) in [6.07, 6.45) is 4.24. The molecule has 1 unspecified atom stereocenters. The van der Waals surface area contributed by atoms with Gasteiger partial charge in [-0.2, -0.15) is 0 Å². The molecule has 108 valence electrons. The average Bonchev–Trinajstić information content (AvgIpc) is 2.42. The fraction of sp³-hybridized carbons (Fsp3) is 0.500. The molecule has 0 aliphatic heterocycles. The van der Waals surface area contributed by atoms with E-state index in [0.29, 0.717) is 11.5 Å². The Hall–Kier alpha value is -1.41. The lowest BCUT2D eigenvalue weighted by atomic mass is 9.87. The van der Waals surface area contributed by atoms with E-state index in [0.717, 1.165) is 12.1 Å². The Morgan fingerprint density at radius 2 is 2.00 bits per heavy atom. The first-order chi connectivity index (χ1) is 9.49. The zero-order valence-electron chi connectivity index (χ0n) is 13.1. The minimum absolute atomic E-state index is 0.381. The highest BCUT2D eigenvalue weighted by atomic mass is 14.9. The van der Waals surface area contributed by atoms with E-state index in [1.165, 1.54) is 23.8 Å². The number of fused-ring (bicyclic) bond motifs is 1. The molecule has 0 aliphatic carbocycles. The Balaban J connectivity index is 2.21. The van der Waals surface area contributed by atoms with Crippen molar-refractivity contribution in [3.8, 4) is 0 Å². The van der Waals surface area contributed by atoms with E-state index in [-0.39, 0.29) is 0 Å². The van der Waals surface area contributed by atoms with Gasteiger partial charge in [-0.15, -0.1) is 0 Å². The summed E-state index contributed by atoms with van der Waals surface area (Å²) >= 11 is 0. The second kappa shape index (κ2) is 6.36. The predicted octanol–water partition coefficient (Wildman–Crippen LogP) is 4.71. The average molecular weight is 270 g/mol. The summed E-state index contributed by atoms with van der Waals surface area (Å²) in [6.45, 7) is 10.1. The van der Waals surface area contributed by atoms with Gasteiger partial charge in [-0.3, -0.25) is 4.98 Å². The summed E-state index contributed by atoms with van der Waals surface area (Å²) in [5.41, 5.74) is 2.82. The van der Waals surface area contributed by atoms with Crippen molar-refractivity contribution in [1.29, 1.82) is 0 Å². The van der Waals surface area contributed by atoms with E-state index in [1.807, 2.05) is 12.3 Å². The Bertz CT molecular complexity index is 555. The van der Waals surface area contributed by atoms with Crippen LogP contribution in [0.2, 0.25) is 0 Å². The van der Waals surface area contributed by atoms with Gasteiger partial charge in [0.25, 0.3) is 0 Å². The number of benzene rings is 1. The van der Waals surface area contributed by atoms with Crippen LogP contribution in [0.25, 0.3) is 10.9 Å². The van der Waals surface area contributed by atoms with Crippen LogP contribution < -0.4 is 5.32 Å². The third kappa shape index (κ3) is 4.04. The molecule has 0 amide bonds. The molecule has 2 nitrogen and oxygen atoms in total. The van der Waals surface area contributed by atoms with Crippen LogP contribution in [0.5, 0.6) is 0 Å². The standard InChI is InChI=1S/C18H26N2/c1-5-19-17(10-11-18(2,3)4)15-8-9-16-14(13-15)7-6-12-20-16/h6-9,12-13,17,19H,5,10-11H2,1-4H3. The smallest absolute Gasteiger partial charge is 0.0702 e. The number of hydrogen-bond acceptors (Lipinski definition) is 2. The minimum Gasteiger partial charge on any atom is -0.310 e. The first kappa shape index (κ1) is 15.0. The molecule has 1 aromatic carbocycles. The van der Waals surface area contributed by atoms with E-state index in [4.69, 9.17) is 0 Å². The van der Waals surface area contributed by atoms with Gasteiger partial charge in [-0.05, 0) is 48.6 Å². The number of hydrogen-bond donors (Lipinski definition) is 1. The van der Waals surface area contributed by atoms with Crippen molar-refractivity contribution in [2.75, 3.05) is 6.54 Å². The van der Waals surface area contributed by atoms with Gasteiger partial charge in [-0.25, -0.2) is 0 Å². The highest BCUT2D eigenvalue weighted by Gasteiger charge is 2.16. The molecule has 0 aliphatic rings. The molecular formula is C18H26N2. The molecule has 0 radical (unpaired) electrons. The van der Waals surface area contributed by atoms with Gasteiger partial charge in [0.05, 0.1) is 5.52 Å². The molecule has 1 atom stereocenters. The summed E-state index contributed by atoms with van der Waals surface area (Å²) in [5.74, 6) is 0. The summed E-state index contributed by atoms with van der Waals surface area (Å²) in [5, 5.41) is 4.84. The van der Waals surface area contributed by atoms with Crippen LogP contribution in [0.15, 0.2) is 36.5 Å². The predicted molar refractivity (Wildman–Crippen MR) is 86.8 cm³/mol. The van der Waals surface area contributed by atoms with Gasteiger partial charge in [0.2, 0.25) is 0 Å². The molecule has 2 aromatic rings. The molecule has 0 saturated carbocycles. The number of pyridine rings is 1. The first-order valence-corrected chi connectivity index (χ1v) is 7.57. The monoisotopic (exact) mass is 270 g/mol. The molecule has 2 heteroatoms. The summed E-state index contributed by atoms with van der Waals surface area (Å²) in [4.78, 5) is 4.39. The molecule has 0 fully saturated rings. The lowest BCUT2D eigenvalue weighted by Crippen LogP contribution is -2.22. The Labute approximate surface area is 122 Å². The molecular weight excluding hydrogens is 244 g/mol. The lowest BCUT2D eigenvalue weighted by Gasteiger charge is -2.24. The van der Waals surface area contributed by atoms with Crippen molar-refractivity contribution in [2.24, 2.45) is 5.41 Å². The fourth-order valence-corrected chi connectivity index (χ4v) is 2.52. The molecule has 1 N–H and O–H groups in total. The third-order valence-corrected chi connectivity index (χ3v) is 3.66. The summed E-state index contributed by atoms with van der Waals surface area (Å²) in [6, 6.07) is 11.2. The van der Waals surface area contributed by atoms with E-state index in [2.05, 4.69) is 62.3 Å². The molecule has 0 spiro atoms. The van der Waals surface area contributed by atoms with Crippen LogP contribution in [0.4, 0.5) is 0 Å². The first-order valence-electron chi connectivity index (χ1n) is 7.57. The van der Waals surface area contributed by atoms with Gasteiger partial charge in [-0.1, -0.05) is 39.8 Å². The maximum atomic E-state index is 4.39. The van der Waals surface area contributed by atoms with Crippen LogP contribution in [0.1, 0.15) is 52.1 Å². The molecule has 1 aromatic heterocycles. The third-order valence-electron chi connectivity index (χ3n) is 3.66. The van der Waals surface area contributed by atoms with E-state index >= 15 is 0 Å². The quantitative estimate of drug-likeness (QED) is 0.851. The molecule has 2 rings (SSSR count). The van der Waals surface area contributed by atoms with Gasteiger partial charge in [0, 0.05) is 17.6 Å². The number of aromatic nitrogens is 1. The largest absolute Gasteiger partial charge is 0.310 e. The topological polar surface area (TPSA) is 24.9 Å². The lowest BCUT2D eigenvalue weighted by molar-refractivity contribution is 0.334. The molecule has 20 heavy (non-hydrogen) atoms. The SMILES string of the molecule is CCNC(CCC(C)(C)C)c1ccc2ncccc2c1. The van der Waals surface area contributed by atoms with Gasteiger partial charge < -0.3 is 5.32 Å². The van der Waals surface area contributed by atoms with Crippen molar-refractivity contribution in [3.63, 3.8) is 0 Å². The van der Waals surface area contributed by atoms with E-state index in [1.54, 1.807) is 0 Å². The Kier molecular flexibility index (Phi) is 4.77. The highest BCUT2D eigenvalue weighted by molar-refractivity contribution is 5.79. The van der Waals surface area contributed by atoms with Crippen molar-refractivity contribution >= 4 is 10.9 Å². The fourth-order valence-electron chi connectivity index (χ4n) is 2.52. The van der Waals surface area contributed by atoms with Crippen molar-refractivity contribution in [2.45, 2.75) is 46.6 Å². The molecule has 1 heterocycles. The zero-order valence-corrected chi connectivity index (χ0v) is 13.1. The van der Waals surface area contributed by atoms with Crippen LogP contribution in [-0.4, -0.2) is 11.5 Å². The van der Waals surface area contributed by atoms with Gasteiger partial charge in [0.15, 0.2) is 0 Å². The van der Waals surface area contributed by atoms with E-state index < -0.39 is 0 Å². The Morgan fingerprint density at radius 3 is 2.70 bits per heavy atom. The summed E-state index contributed by atoms with van der Waals surface area (Å²) < 4.78 is 0. The van der Waals surface area contributed by atoms with Crippen molar-refractivity contribution in [1.82, 2.24) is 10.3 Å². The minimum atomic E-state index is 0.381. The maximum Gasteiger partial charge on any atom is 0.0702 e. The maximum absolute atomic E-state index is 4.39. The highest BCUT2D eigenvalue weighted by Crippen LogP contribution is 2.28.